The molecule has 0 amide bonds. The molecule has 1 saturated carbocycles. The molecule has 0 aromatic rings. The average molecular weight is 241 g/mol. The van der Waals surface area contributed by atoms with E-state index in [1.54, 1.807) is 13.2 Å². The van der Waals surface area contributed by atoms with Gasteiger partial charge in [0.25, 0.3) is 0 Å². The predicted octanol–water partition coefficient (Wildman–Crippen LogP) is 1.81. The summed E-state index contributed by atoms with van der Waals surface area (Å²) in [6.07, 6.45) is 3.62. The van der Waals surface area contributed by atoms with E-state index < -0.39 is 5.97 Å². The van der Waals surface area contributed by atoms with E-state index in [-0.39, 0.29) is 5.41 Å². The zero-order valence-electron chi connectivity index (χ0n) is 11.1. The highest BCUT2D eigenvalue weighted by atomic mass is 16.5. The van der Waals surface area contributed by atoms with Crippen molar-refractivity contribution in [2.45, 2.75) is 45.8 Å². The highest BCUT2D eigenvalue weighted by Gasteiger charge is 2.47. The molecule has 1 fully saturated rings. The van der Waals surface area contributed by atoms with Crippen LogP contribution in [0.3, 0.4) is 0 Å². The summed E-state index contributed by atoms with van der Waals surface area (Å²) in [5.74, 6) is -0.822. The third kappa shape index (κ3) is 3.07. The maximum absolute atomic E-state index is 10.8. The highest BCUT2D eigenvalue weighted by Crippen LogP contribution is 2.42. The van der Waals surface area contributed by atoms with Gasteiger partial charge in [-0.1, -0.05) is 26.8 Å². The van der Waals surface area contributed by atoms with Crippen LogP contribution in [0.2, 0.25) is 0 Å². The summed E-state index contributed by atoms with van der Waals surface area (Å²) in [5.41, 5.74) is 0.594. The van der Waals surface area contributed by atoms with Gasteiger partial charge >= 0.3 is 5.97 Å². The van der Waals surface area contributed by atoms with Gasteiger partial charge in [-0.3, -0.25) is 0 Å². The lowest BCUT2D eigenvalue weighted by atomic mass is 9.64. The lowest BCUT2D eigenvalue weighted by Gasteiger charge is -2.51. The lowest BCUT2D eigenvalue weighted by molar-refractivity contribution is -0.132. The van der Waals surface area contributed by atoms with Gasteiger partial charge in [0.15, 0.2) is 0 Å². The quantitative estimate of drug-likeness (QED) is 0.696. The smallest absolute Gasteiger partial charge is 0.331 e. The van der Waals surface area contributed by atoms with Gasteiger partial charge in [-0.25, -0.2) is 4.79 Å². The first-order valence-electron chi connectivity index (χ1n) is 6.12. The van der Waals surface area contributed by atoms with E-state index in [1.165, 1.54) is 0 Å². The fraction of sp³-hybridized carbons (Fsp3) is 0.769. The van der Waals surface area contributed by atoms with E-state index in [1.807, 2.05) is 6.92 Å². The number of ether oxygens (including phenoxy) is 1. The number of carboxylic acids is 1. The van der Waals surface area contributed by atoms with Crippen molar-refractivity contribution < 1.29 is 14.6 Å². The molecule has 1 aliphatic rings. The van der Waals surface area contributed by atoms with Gasteiger partial charge in [-0.05, 0) is 12.8 Å². The summed E-state index contributed by atoms with van der Waals surface area (Å²) >= 11 is 0. The molecule has 2 atom stereocenters. The molecule has 4 nitrogen and oxygen atoms in total. The molecule has 98 valence electrons. The molecule has 2 N–H and O–H groups in total. The van der Waals surface area contributed by atoms with Crippen LogP contribution in [0.25, 0.3) is 0 Å². The minimum atomic E-state index is -0.822. The van der Waals surface area contributed by atoms with E-state index in [4.69, 9.17) is 9.84 Å². The summed E-state index contributed by atoms with van der Waals surface area (Å²) in [4.78, 5) is 10.8. The van der Waals surface area contributed by atoms with E-state index in [9.17, 15) is 4.79 Å². The van der Waals surface area contributed by atoms with Crippen LogP contribution in [-0.2, 0) is 9.53 Å². The number of carbonyl (C=O) groups is 1. The second-order valence-corrected chi connectivity index (χ2v) is 5.13. The zero-order chi connectivity index (χ0) is 13.1. The number of rotatable bonds is 6. The molecular weight excluding hydrogens is 218 g/mol. The molecular formula is C13H23NO3. The van der Waals surface area contributed by atoms with E-state index in [0.29, 0.717) is 30.7 Å². The Bertz CT molecular complexity index is 310. The fourth-order valence-electron chi connectivity index (χ4n) is 2.34. The van der Waals surface area contributed by atoms with Crippen LogP contribution in [0.1, 0.15) is 33.6 Å². The normalized spacial score (nSPS) is 27.6. The summed E-state index contributed by atoms with van der Waals surface area (Å²) in [6, 6.07) is 0.399. The molecule has 0 saturated heterocycles. The molecule has 0 aromatic carbocycles. The number of aliphatic carboxylic acids is 1. The van der Waals surface area contributed by atoms with Crippen molar-refractivity contribution in [1.29, 1.82) is 0 Å². The van der Waals surface area contributed by atoms with Gasteiger partial charge in [0.05, 0.1) is 6.10 Å². The first-order valence-corrected chi connectivity index (χ1v) is 6.12. The number of nitrogens with one attached hydrogen (secondary N) is 1. The molecule has 17 heavy (non-hydrogen) atoms. The summed E-state index contributed by atoms with van der Waals surface area (Å²) in [7, 11) is 1.74. The number of hydrogen-bond donors (Lipinski definition) is 2. The minimum Gasteiger partial charge on any atom is -0.478 e. The second kappa shape index (κ2) is 5.65. The topological polar surface area (TPSA) is 58.6 Å². The molecule has 1 rings (SSSR count). The first kappa shape index (κ1) is 14.2. The van der Waals surface area contributed by atoms with Gasteiger partial charge in [-0.15, -0.1) is 0 Å². The van der Waals surface area contributed by atoms with E-state index in [2.05, 4.69) is 19.2 Å². The van der Waals surface area contributed by atoms with E-state index in [0.717, 1.165) is 6.42 Å². The number of carboxylic acid groups (broad SMARTS) is 1. The summed E-state index contributed by atoms with van der Waals surface area (Å²) < 4.78 is 5.37. The molecule has 4 heteroatoms. The Labute approximate surface area is 103 Å². The van der Waals surface area contributed by atoms with Crippen molar-refractivity contribution in [1.82, 2.24) is 5.32 Å². The van der Waals surface area contributed by atoms with Gasteiger partial charge in [0, 0.05) is 30.7 Å². The molecule has 0 aliphatic heterocycles. The zero-order valence-corrected chi connectivity index (χ0v) is 11.1. The van der Waals surface area contributed by atoms with Gasteiger partial charge in [0.2, 0.25) is 0 Å². The van der Waals surface area contributed by atoms with Gasteiger partial charge in [-0.2, -0.15) is 0 Å². The van der Waals surface area contributed by atoms with Crippen LogP contribution in [0.5, 0.6) is 0 Å². The molecule has 0 aromatic heterocycles. The Hall–Kier alpha value is -0.870. The van der Waals surface area contributed by atoms with Gasteiger partial charge < -0.3 is 15.2 Å². The Balaban J connectivity index is 2.41. The van der Waals surface area contributed by atoms with Crippen LogP contribution in [-0.4, -0.2) is 36.9 Å². The largest absolute Gasteiger partial charge is 0.478 e. The Kier molecular flexibility index (Phi) is 4.71. The summed E-state index contributed by atoms with van der Waals surface area (Å²) in [5, 5.41) is 12.2. The molecule has 0 spiro atoms. The van der Waals surface area contributed by atoms with E-state index >= 15 is 0 Å². The fourth-order valence-corrected chi connectivity index (χ4v) is 2.34. The first-order chi connectivity index (χ1) is 7.93. The summed E-state index contributed by atoms with van der Waals surface area (Å²) in [6.45, 7) is 6.81. The average Bonchev–Trinajstić information content (AvgIpc) is 2.26. The minimum absolute atomic E-state index is 0.123. The Morgan fingerprint density at radius 3 is 2.65 bits per heavy atom. The van der Waals surface area contributed by atoms with Crippen LogP contribution < -0.4 is 5.32 Å². The van der Waals surface area contributed by atoms with Crippen molar-refractivity contribution >= 4 is 5.97 Å². The lowest BCUT2D eigenvalue weighted by Crippen LogP contribution is -2.60. The van der Waals surface area contributed by atoms with Crippen LogP contribution >= 0.6 is 0 Å². The monoisotopic (exact) mass is 241 g/mol. The highest BCUT2D eigenvalue weighted by molar-refractivity contribution is 5.86. The maximum atomic E-state index is 10.8. The third-order valence-corrected chi connectivity index (χ3v) is 3.83. The maximum Gasteiger partial charge on any atom is 0.331 e. The SMILES string of the molecule is CCC(=CCNC1CC(OC)C1(C)C)C(=O)O. The molecule has 0 radical (unpaired) electrons. The van der Waals surface area contributed by atoms with Gasteiger partial charge in [0.1, 0.15) is 0 Å². The molecule has 1 aliphatic carbocycles. The standard InChI is InChI=1S/C13H23NO3/c1-5-9(12(15)16)6-7-14-10-8-11(17-4)13(10,2)3/h6,10-11,14H,5,7-8H2,1-4H3,(H,15,16). The Morgan fingerprint density at radius 1 is 1.59 bits per heavy atom. The Morgan fingerprint density at radius 2 is 2.24 bits per heavy atom. The van der Waals surface area contributed by atoms with Crippen molar-refractivity contribution in [3.05, 3.63) is 11.6 Å². The second-order valence-electron chi connectivity index (χ2n) is 5.13. The van der Waals surface area contributed by atoms with Crippen molar-refractivity contribution in [2.24, 2.45) is 5.41 Å². The van der Waals surface area contributed by atoms with Crippen LogP contribution in [0.15, 0.2) is 11.6 Å². The number of hydrogen-bond acceptors (Lipinski definition) is 3. The predicted molar refractivity (Wildman–Crippen MR) is 67.0 cm³/mol. The van der Waals surface area contributed by atoms with Crippen LogP contribution in [0, 0.1) is 5.41 Å². The molecule has 0 bridgehead atoms. The van der Waals surface area contributed by atoms with Crippen molar-refractivity contribution in [2.75, 3.05) is 13.7 Å². The van der Waals surface area contributed by atoms with Crippen molar-refractivity contribution in [3.63, 3.8) is 0 Å². The molecule has 2 unspecified atom stereocenters. The van der Waals surface area contributed by atoms with Crippen molar-refractivity contribution in [3.8, 4) is 0 Å². The van der Waals surface area contributed by atoms with Crippen LogP contribution in [0.4, 0.5) is 0 Å². The number of methoxy groups -OCH3 is 1. The molecule has 0 heterocycles. The third-order valence-electron chi connectivity index (χ3n) is 3.83.